The summed E-state index contributed by atoms with van der Waals surface area (Å²) in [5.74, 6) is -1.45. The first-order chi connectivity index (χ1) is 8.75. The average molecular weight is 275 g/mol. The fraction of sp³-hybridized carbons (Fsp3) is 0.462. The molecule has 1 aromatic rings. The Kier molecular flexibility index (Phi) is 4.94. The van der Waals surface area contributed by atoms with Crippen LogP contribution in [-0.4, -0.2) is 24.3 Å². The van der Waals surface area contributed by atoms with E-state index in [1.54, 1.807) is 0 Å². The molecule has 19 heavy (non-hydrogen) atoms. The molecule has 0 saturated carbocycles. The summed E-state index contributed by atoms with van der Waals surface area (Å²) in [7, 11) is 0. The maximum atomic E-state index is 12.4. The molecule has 0 heterocycles. The number of halogens is 3. The molecule has 0 spiro atoms. The molecular weight excluding hydrogens is 259 g/mol. The van der Waals surface area contributed by atoms with E-state index >= 15 is 0 Å². The Morgan fingerprint density at radius 3 is 2.37 bits per heavy atom. The minimum atomic E-state index is -4.82. The topological polar surface area (TPSA) is 52.3 Å². The third kappa shape index (κ3) is 4.24. The summed E-state index contributed by atoms with van der Waals surface area (Å²) in [4.78, 5) is 11.3. The van der Waals surface area contributed by atoms with Crippen LogP contribution in [0.2, 0.25) is 0 Å². The number of nitrogens with two attached hydrogens (primary N) is 1. The van der Waals surface area contributed by atoms with E-state index in [1.807, 2.05) is 30.3 Å². The minimum absolute atomic E-state index is 0.0867. The highest BCUT2D eigenvalue weighted by Crippen LogP contribution is 2.28. The zero-order valence-corrected chi connectivity index (χ0v) is 10.5. The van der Waals surface area contributed by atoms with Crippen LogP contribution < -0.4 is 5.73 Å². The third-order valence-corrected chi connectivity index (χ3v) is 2.70. The number of hydrogen-bond acceptors (Lipinski definition) is 3. The molecule has 0 aliphatic rings. The average Bonchev–Trinajstić information content (AvgIpc) is 2.34. The number of carbonyl (C=O) groups is 1. The van der Waals surface area contributed by atoms with Crippen LogP contribution in [-0.2, 0) is 16.0 Å². The lowest BCUT2D eigenvalue weighted by Crippen LogP contribution is -2.57. The Morgan fingerprint density at radius 1 is 1.26 bits per heavy atom. The lowest BCUT2D eigenvalue weighted by Gasteiger charge is -2.25. The molecule has 106 valence electrons. The molecule has 1 unspecified atom stereocenters. The first-order valence-corrected chi connectivity index (χ1v) is 5.82. The van der Waals surface area contributed by atoms with E-state index in [0.717, 1.165) is 5.56 Å². The molecular formula is C13H16F3NO2. The zero-order chi connectivity index (χ0) is 14.5. The lowest BCUT2D eigenvalue weighted by atomic mass is 10.0. The van der Waals surface area contributed by atoms with Gasteiger partial charge in [-0.25, -0.2) is 4.79 Å². The van der Waals surface area contributed by atoms with E-state index in [0.29, 0.717) is 19.8 Å². The monoisotopic (exact) mass is 275 g/mol. The van der Waals surface area contributed by atoms with Gasteiger partial charge in [0.25, 0.3) is 0 Å². The van der Waals surface area contributed by atoms with Crippen LogP contribution in [0.3, 0.4) is 0 Å². The number of aryl methyl sites for hydroxylation is 1. The predicted molar refractivity (Wildman–Crippen MR) is 64.4 cm³/mol. The maximum Gasteiger partial charge on any atom is 0.416 e. The molecule has 1 atom stereocenters. The number of rotatable bonds is 5. The summed E-state index contributed by atoms with van der Waals surface area (Å²) in [5.41, 5.74) is 3.00. The number of esters is 1. The minimum Gasteiger partial charge on any atom is -0.464 e. The second kappa shape index (κ2) is 6.06. The summed E-state index contributed by atoms with van der Waals surface area (Å²) < 4.78 is 41.9. The van der Waals surface area contributed by atoms with E-state index in [-0.39, 0.29) is 6.61 Å². The third-order valence-electron chi connectivity index (χ3n) is 2.70. The number of carbonyl (C=O) groups excluding carboxylic acids is 1. The van der Waals surface area contributed by atoms with Crippen molar-refractivity contribution in [2.24, 2.45) is 5.73 Å². The molecule has 6 heteroatoms. The molecule has 0 bridgehead atoms. The van der Waals surface area contributed by atoms with Gasteiger partial charge in [0, 0.05) is 0 Å². The van der Waals surface area contributed by atoms with Gasteiger partial charge in [0.1, 0.15) is 0 Å². The zero-order valence-electron chi connectivity index (χ0n) is 10.5. The van der Waals surface area contributed by atoms with Crippen molar-refractivity contribution < 1.29 is 22.7 Å². The van der Waals surface area contributed by atoms with Crippen LogP contribution in [0.1, 0.15) is 18.9 Å². The van der Waals surface area contributed by atoms with Gasteiger partial charge in [0.2, 0.25) is 5.54 Å². The highest BCUT2D eigenvalue weighted by molar-refractivity contribution is 5.81. The van der Waals surface area contributed by atoms with Gasteiger partial charge in [-0.05, 0) is 25.3 Å². The van der Waals surface area contributed by atoms with E-state index in [4.69, 9.17) is 5.73 Å². The SMILES string of the molecule is CC(N)(C(=O)OCCCc1ccccc1)C(F)(F)F. The van der Waals surface area contributed by atoms with Crippen LogP contribution in [0, 0.1) is 0 Å². The van der Waals surface area contributed by atoms with E-state index < -0.39 is 17.7 Å². The van der Waals surface area contributed by atoms with Crippen molar-refractivity contribution in [2.45, 2.75) is 31.5 Å². The number of benzene rings is 1. The number of hydrogen-bond donors (Lipinski definition) is 1. The van der Waals surface area contributed by atoms with Gasteiger partial charge in [0.15, 0.2) is 0 Å². The smallest absolute Gasteiger partial charge is 0.416 e. The van der Waals surface area contributed by atoms with Crippen LogP contribution in [0.15, 0.2) is 30.3 Å². The molecule has 1 rings (SSSR count). The molecule has 0 aliphatic heterocycles. The van der Waals surface area contributed by atoms with Gasteiger partial charge in [-0.3, -0.25) is 0 Å². The summed E-state index contributed by atoms with van der Waals surface area (Å²) in [6.45, 7) is 0.517. The summed E-state index contributed by atoms with van der Waals surface area (Å²) >= 11 is 0. The first-order valence-electron chi connectivity index (χ1n) is 5.82. The van der Waals surface area contributed by atoms with Crippen molar-refractivity contribution >= 4 is 5.97 Å². The predicted octanol–water partition coefficient (Wildman–Crippen LogP) is 2.44. The molecule has 0 radical (unpaired) electrons. The van der Waals surface area contributed by atoms with Gasteiger partial charge in [0.05, 0.1) is 6.61 Å². The number of ether oxygens (including phenoxy) is 1. The second-order valence-electron chi connectivity index (χ2n) is 4.43. The van der Waals surface area contributed by atoms with Crippen LogP contribution in [0.4, 0.5) is 13.2 Å². The highest BCUT2D eigenvalue weighted by atomic mass is 19.4. The fourth-order valence-corrected chi connectivity index (χ4v) is 1.35. The number of alkyl halides is 3. The molecule has 0 saturated heterocycles. The lowest BCUT2D eigenvalue weighted by molar-refractivity contribution is -0.202. The quantitative estimate of drug-likeness (QED) is 0.663. The molecule has 0 amide bonds. The van der Waals surface area contributed by atoms with Crippen molar-refractivity contribution in [3.05, 3.63) is 35.9 Å². The summed E-state index contributed by atoms with van der Waals surface area (Å²) in [6.07, 6.45) is -3.74. The maximum absolute atomic E-state index is 12.4. The Balaban J connectivity index is 2.36. The second-order valence-corrected chi connectivity index (χ2v) is 4.43. The molecule has 3 nitrogen and oxygen atoms in total. The Bertz CT molecular complexity index is 416. The highest BCUT2D eigenvalue weighted by Gasteiger charge is 2.55. The Labute approximate surface area is 109 Å². The van der Waals surface area contributed by atoms with E-state index in [1.165, 1.54) is 0 Å². The van der Waals surface area contributed by atoms with Gasteiger partial charge >= 0.3 is 12.1 Å². The van der Waals surface area contributed by atoms with Crippen molar-refractivity contribution in [1.29, 1.82) is 0 Å². The van der Waals surface area contributed by atoms with Crippen LogP contribution >= 0.6 is 0 Å². The van der Waals surface area contributed by atoms with Gasteiger partial charge in [-0.2, -0.15) is 13.2 Å². The van der Waals surface area contributed by atoms with Gasteiger partial charge in [-0.15, -0.1) is 0 Å². The molecule has 1 aromatic carbocycles. The van der Waals surface area contributed by atoms with Crippen LogP contribution in [0.25, 0.3) is 0 Å². The molecule has 0 fully saturated rings. The van der Waals surface area contributed by atoms with Crippen molar-refractivity contribution in [3.63, 3.8) is 0 Å². The Morgan fingerprint density at radius 2 is 1.84 bits per heavy atom. The van der Waals surface area contributed by atoms with E-state index in [2.05, 4.69) is 4.74 Å². The van der Waals surface area contributed by atoms with Crippen molar-refractivity contribution in [3.8, 4) is 0 Å². The van der Waals surface area contributed by atoms with Crippen molar-refractivity contribution in [1.82, 2.24) is 0 Å². The Hall–Kier alpha value is -1.56. The molecule has 0 aliphatic carbocycles. The normalized spacial score (nSPS) is 14.8. The van der Waals surface area contributed by atoms with E-state index in [9.17, 15) is 18.0 Å². The fourth-order valence-electron chi connectivity index (χ4n) is 1.35. The van der Waals surface area contributed by atoms with Crippen molar-refractivity contribution in [2.75, 3.05) is 6.61 Å². The molecule has 0 aromatic heterocycles. The van der Waals surface area contributed by atoms with Gasteiger partial charge < -0.3 is 10.5 Å². The first kappa shape index (κ1) is 15.5. The molecule has 2 N–H and O–H groups in total. The standard InChI is InChI=1S/C13H16F3NO2/c1-12(17,13(14,15)16)11(18)19-9-5-8-10-6-3-2-4-7-10/h2-4,6-7H,5,8-9,17H2,1H3. The summed E-state index contributed by atoms with van der Waals surface area (Å²) in [6, 6.07) is 9.38. The summed E-state index contributed by atoms with van der Waals surface area (Å²) in [5, 5.41) is 0. The van der Waals surface area contributed by atoms with Gasteiger partial charge in [-0.1, -0.05) is 30.3 Å². The van der Waals surface area contributed by atoms with Crippen LogP contribution in [0.5, 0.6) is 0 Å². The largest absolute Gasteiger partial charge is 0.464 e.